The number of fused-ring (bicyclic) bond motifs is 9. The summed E-state index contributed by atoms with van der Waals surface area (Å²) in [5, 5.41) is 7.35. The monoisotopic (exact) mass is 1140 g/mol. The minimum Gasteiger partial charge on any atom is -0.246 e. The first-order chi connectivity index (χ1) is 44.7. The van der Waals surface area contributed by atoms with Crippen LogP contribution in [0.2, 0.25) is 0 Å². The topological polar surface area (TPSA) is 38.7 Å². The van der Waals surface area contributed by atoms with Crippen LogP contribution in [0.15, 0.2) is 309 Å². The van der Waals surface area contributed by atoms with E-state index in [0.29, 0.717) is 0 Å². The highest BCUT2D eigenvalue weighted by atomic mass is 14.8. The van der Waals surface area contributed by atoms with Gasteiger partial charge in [0.2, 0.25) is 0 Å². The van der Waals surface area contributed by atoms with Gasteiger partial charge in [-0.3, -0.25) is 0 Å². The van der Waals surface area contributed by atoms with Crippen molar-refractivity contribution in [3.8, 4) is 168 Å². The molecule has 3 nitrogen and oxygen atoms in total. The molecule has 414 valence electrons. The molecule has 3 heteroatoms. The van der Waals surface area contributed by atoms with Crippen LogP contribution in [0, 0.1) is 0 Å². The van der Waals surface area contributed by atoms with Crippen LogP contribution in [0.3, 0.4) is 0 Å². The minimum atomic E-state index is 0.873. The van der Waals surface area contributed by atoms with E-state index in [0.717, 1.165) is 118 Å². The van der Waals surface area contributed by atoms with Crippen LogP contribution in [-0.4, -0.2) is 15.0 Å². The first-order valence-corrected chi connectivity index (χ1v) is 31.0. The fourth-order valence-electron chi connectivity index (χ4n) is 15.4. The maximum atomic E-state index is 6.17. The van der Waals surface area contributed by atoms with Gasteiger partial charge in [0, 0.05) is 83.5 Å². The first kappa shape index (κ1) is 50.3. The van der Waals surface area contributed by atoms with E-state index in [1.165, 1.54) is 82.4 Å². The largest absolute Gasteiger partial charge is 0.246 e. The molecule has 90 heavy (non-hydrogen) atoms. The molecule has 0 N–H and O–H groups in total. The van der Waals surface area contributed by atoms with Crippen molar-refractivity contribution < 1.29 is 0 Å². The molecule has 0 unspecified atom stereocenters. The smallest absolute Gasteiger partial charge is 0.0795 e. The number of hydrogen-bond acceptors (Lipinski definition) is 3. The van der Waals surface area contributed by atoms with E-state index >= 15 is 0 Å². The molecular formula is C87H51N3. The van der Waals surface area contributed by atoms with Crippen LogP contribution in [0.25, 0.3) is 200 Å². The lowest BCUT2D eigenvalue weighted by atomic mass is 9.83. The van der Waals surface area contributed by atoms with E-state index in [1.807, 2.05) is 0 Å². The molecule has 0 atom stereocenters. The van der Waals surface area contributed by atoms with E-state index < -0.39 is 0 Å². The molecule has 16 aromatic rings. The minimum absolute atomic E-state index is 0.873. The SMILES string of the molecule is c1ccc(-c2nc(-c3cc(-c4nc(-c5ccccc5)c5c(c4-c4ccccc4)-c4cccc6cccc-5c46)cc(-c4nc(-c5ccccc5)c5c(c4-c4ccccc4)-c4cccc6cccc-5c46)c3)c(-c3ccccc3)c3c2-c2cccc4cccc-3c24)cc1. The Morgan fingerprint density at radius 2 is 0.344 bits per heavy atom. The molecule has 3 aliphatic carbocycles. The van der Waals surface area contributed by atoms with E-state index in [2.05, 4.69) is 309 Å². The van der Waals surface area contributed by atoms with Gasteiger partial charge in [0.1, 0.15) is 0 Å². The highest BCUT2D eigenvalue weighted by Crippen LogP contribution is 2.61. The Kier molecular flexibility index (Phi) is 11.1. The van der Waals surface area contributed by atoms with Crippen molar-refractivity contribution in [2.75, 3.05) is 0 Å². The van der Waals surface area contributed by atoms with Gasteiger partial charge in [-0.05, 0) is 101 Å². The molecule has 0 fully saturated rings. The molecule has 3 heterocycles. The van der Waals surface area contributed by atoms with Gasteiger partial charge in [0.05, 0.1) is 34.2 Å². The number of pyridine rings is 3. The number of hydrogen-bond donors (Lipinski definition) is 0. The summed E-state index contributed by atoms with van der Waals surface area (Å²) in [4.78, 5) is 18.5. The highest BCUT2D eigenvalue weighted by molar-refractivity contribution is 6.25. The Hall–Kier alpha value is -11.9. The van der Waals surface area contributed by atoms with Gasteiger partial charge < -0.3 is 0 Å². The zero-order valence-electron chi connectivity index (χ0n) is 48.8. The van der Waals surface area contributed by atoms with Crippen LogP contribution in [-0.2, 0) is 0 Å². The van der Waals surface area contributed by atoms with Gasteiger partial charge in [0.15, 0.2) is 0 Å². The Morgan fingerprint density at radius 1 is 0.144 bits per heavy atom. The Bertz CT molecular complexity index is 5080. The third kappa shape index (κ3) is 7.44. The summed E-state index contributed by atoms with van der Waals surface area (Å²) in [6.45, 7) is 0. The van der Waals surface area contributed by atoms with Gasteiger partial charge in [-0.15, -0.1) is 0 Å². The average molecular weight is 1140 g/mol. The van der Waals surface area contributed by atoms with Crippen LogP contribution in [0.1, 0.15) is 0 Å². The van der Waals surface area contributed by atoms with E-state index in [-0.39, 0.29) is 0 Å². The average Bonchev–Trinajstić information content (AvgIpc) is 1.59. The first-order valence-electron chi connectivity index (χ1n) is 31.0. The Balaban J connectivity index is 1.01. The second-order valence-corrected chi connectivity index (χ2v) is 23.9. The van der Waals surface area contributed by atoms with Gasteiger partial charge in [-0.1, -0.05) is 291 Å². The van der Waals surface area contributed by atoms with Crippen molar-refractivity contribution in [2.24, 2.45) is 0 Å². The van der Waals surface area contributed by atoms with E-state index in [9.17, 15) is 0 Å². The molecule has 0 amide bonds. The zero-order valence-corrected chi connectivity index (χ0v) is 48.8. The number of rotatable bonds is 9. The lowest BCUT2D eigenvalue weighted by Crippen LogP contribution is -2.02. The van der Waals surface area contributed by atoms with E-state index in [1.54, 1.807) is 0 Å². The molecule has 0 bridgehead atoms. The van der Waals surface area contributed by atoms with Gasteiger partial charge in [-0.25, -0.2) is 15.0 Å². The molecule has 0 saturated carbocycles. The highest BCUT2D eigenvalue weighted by Gasteiger charge is 2.36. The molecule has 13 aromatic carbocycles. The van der Waals surface area contributed by atoms with Crippen molar-refractivity contribution >= 4 is 32.3 Å². The van der Waals surface area contributed by atoms with Crippen molar-refractivity contribution in [3.63, 3.8) is 0 Å². The zero-order chi connectivity index (χ0) is 59.0. The van der Waals surface area contributed by atoms with Crippen LogP contribution in [0.4, 0.5) is 0 Å². The molecule has 3 aromatic heterocycles. The third-order valence-electron chi connectivity index (χ3n) is 19.0. The van der Waals surface area contributed by atoms with Crippen molar-refractivity contribution in [1.29, 1.82) is 0 Å². The predicted molar refractivity (Wildman–Crippen MR) is 375 cm³/mol. The van der Waals surface area contributed by atoms with Gasteiger partial charge in [-0.2, -0.15) is 0 Å². The summed E-state index contributed by atoms with van der Waals surface area (Å²) in [6.07, 6.45) is 0. The summed E-state index contributed by atoms with van der Waals surface area (Å²) in [5.74, 6) is 0. The molecule has 19 rings (SSSR count). The molecule has 0 radical (unpaired) electrons. The Morgan fingerprint density at radius 3 is 0.578 bits per heavy atom. The van der Waals surface area contributed by atoms with Crippen molar-refractivity contribution in [3.05, 3.63) is 309 Å². The van der Waals surface area contributed by atoms with Crippen molar-refractivity contribution in [1.82, 2.24) is 15.0 Å². The number of benzene rings is 13. The van der Waals surface area contributed by atoms with Crippen LogP contribution >= 0.6 is 0 Å². The molecule has 0 aliphatic heterocycles. The number of aromatic nitrogens is 3. The van der Waals surface area contributed by atoms with Crippen LogP contribution in [0.5, 0.6) is 0 Å². The van der Waals surface area contributed by atoms with Crippen molar-refractivity contribution in [2.45, 2.75) is 0 Å². The standard InChI is InChI=1S/C87H51N3/c1-7-25-55(26-8-1)73-76-64-43-19-37-52-40-22-46-67(70(52)64)79(76)82(58-31-13-4-14-32-58)88-85(73)61-49-62(86-74(56-27-9-2-10-28-56)77-65-44-20-38-53-41-23-47-68(71(53)65)80(77)83(89-86)59-33-15-5-16-34-59)51-63(50-61)87-75(57-29-11-3-12-30-57)78-66-45-21-39-54-42-24-48-69(72(54)66)81(78)84(90-87)60-35-17-6-18-36-60/h1-51H. The van der Waals surface area contributed by atoms with Crippen LogP contribution < -0.4 is 0 Å². The molecular weight excluding hydrogens is 1090 g/mol. The fourth-order valence-corrected chi connectivity index (χ4v) is 15.4. The number of nitrogens with zero attached hydrogens (tertiary/aromatic N) is 3. The quantitative estimate of drug-likeness (QED) is 0.145. The third-order valence-corrected chi connectivity index (χ3v) is 19.0. The predicted octanol–water partition coefficient (Wildman–Crippen LogP) is 23.3. The van der Waals surface area contributed by atoms with Gasteiger partial charge in [0.25, 0.3) is 0 Å². The molecule has 0 saturated heterocycles. The summed E-state index contributed by atoms with van der Waals surface area (Å²) in [6, 6.07) is 113. The summed E-state index contributed by atoms with van der Waals surface area (Å²) in [5.41, 5.74) is 32.1. The van der Waals surface area contributed by atoms with Gasteiger partial charge >= 0.3 is 0 Å². The maximum Gasteiger partial charge on any atom is 0.0795 e. The maximum absolute atomic E-state index is 6.17. The summed E-state index contributed by atoms with van der Waals surface area (Å²) >= 11 is 0. The fraction of sp³-hybridized carbons (Fsp3) is 0. The van der Waals surface area contributed by atoms with E-state index in [4.69, 9.17) is 15.0 Å². The Labute approximate surface area is 521 Å². The molecule has 0 spiro atoms. The summed E-state index contributed by atoms with van der Waals surface area (Å²) in [7, 11) is 0. The lowest BCUT2D eigenvalue weighted by molar-refractivity contribution is 1.30. The lowest BCUT2D eigenvalue weighted by Gasteiger charge is -2.23. The second-order valence-electron chi connectivity index (χ2n) is 23.9. The summed E-state index contributed by atoms with van der Waals surface area (Å²) < 4.78 is 0. The second kappa shape index (κ2) is 19.8. The normalized spacial score (nSPS) is 12.0. The molecule has 3 aliphatic rings.